The lowest BCUT2D eigenvalue weighted by Crippen LogP contribution is -2.33. The predicted molar refractivity (Wildman–Crippen MR) is 102 cm³/mol. The van der Waals surface area contributed by atoms with Gasteiger partial charge in [-0.05, 0) is 48.2 Å². The van der Waals surface area contributed by atoms with Gasteiger partial charge in [0, 0.05) is 13.0 Å². The van der Waals surface area contributed by atoms with Crippen LogP contribution in [-0.2, 0) is 4.79 Å². The standard InChI is InChI=1S/C22H22N2O2/c1-3-4-19-13-20(24(2)22(19)25)15-26-21-11-9-18(10-12-21)17-7-5-16(14-23)6-8-17/h3,5-12,19-20H,1,4,13,15H2,2H3/t19-,20+/m1/s1. The third kappa shape index (κ3) is 3.78. The minimum Gasteiger partial charge on any atom is -0.491 e. The number of benzene rings is 2. The zero-order chi connectivity index (χ0) is 18.5. The normalized spacial score (nSPS) is 19.2. The number of hydrogen-bond donors (Lipinski definition) is 0. The lowest BCUT2D eigenvalue weighted by molar-refractivity contribution is -0.130. The first-order valence-electron chi connectivity index (χ1n) is 8.73. The molecule has 0 unspecified atom stereocenters. The number of carbonyl (C=O) groups is 1. The Labute approximate surface area is 154 Å². The molecule has 1 aliphatic rings. The average Bonchev–Trinajstić information content (AvgIpc) is 2.95. The molecule has 0 aromatic heterocycles. The highest BCUT2D eigenvalue weighted by atomic mass is 16.5. The molecular weight excluding hydrogens is 324 g/mol. The molecule has 1 saturated heterocycles. The summed E-state index contributed by atoms with van der Waals surface area (Å²) in [6.45, 7) is 4.22. The first-order valence-corrected chi connectivity index (χ1v) is 8.73. The van der Waals surface area contributed by atoms with Gasteiger partial charge >= 0.3 is 0 Å². The molecule has 0 aliphatic carbocycles. The van der Waals surface area contributed by atoms with Gasteiger partial charge in [-0.15, -0.1) is 6.58 Å². The summed E-state index contributed by atoms with van der Waals surface area (Å²) in [5, 5.41) is 8.87. The fourth-order valence-corrected chi connectivity index (χ4v) is 3.31. The number of nitrogens with zero attached hydrogens (tertiary/aromatic N) is 2. The van der Waals surface area contributed by atoms with Crippen molar-refractivity contribution in [3.05, 3.63) is 66.7 Å². The molecule has 1 fully saturated rings. The smallest absolute Gasteiger partial charge is 0.226 e. The molecule has 0 bridgehead atoms. The van der Waals surface area contributed by atoms with Crippen molar-refractivity contribution in [1.82, 2.24) is 4.90 Å². The van der Waals surface area contributed by atoms with Crippen LogP contribution in [0.25, 0.3) is 11.1 Å². The SMILES string of the molecule is C=CC[C@@H]1C[C@@H](COc2ccc(-c3ccc(C#N)cc3)cc2)N(C)C1=O. The number of nitriles is 1. The van der Waals surface area contributed by atoms with Crippen molar-refractivity contribution in [3.8, 4) is 22.9 Å². The van der Waals surface area contributed by atoms with Crippen molar-refractivity contribution in [2.45, 2.75) is 18.9 Å². The van der Waals surface area contributed by atoms with E-state index in [1.165, 1.54) is 0 Å². The van der Waals surface area contributed by atoms with Crippen molar-refractivity contribution in [2.75, 3.05) is 13.7 Å². The molecule has 0 spiro atoms. The number of ether oxygens (including phenoxy) is 1. The Hall–Kier alpha value is -3.06. The number of carbonyl (C=O) groups excluding carboxylic acids is 1. The highest BCUT2D eigenvalue weighted by Gasteiger charge is 2.36. The van der Waals surface area contributed by atoms with E-state index in [4.69, 9.17) is 10.00 Å². The van der Waals surface area contributed by atoms with Crippen LogP contribution >= 0.6 is 0 Å². The van der Waals surface area contributed by atoms with Gasteiger partial charge in [-0.1, -0.05) is 30.3 Å². The largest absolute Gasteiger partial charge is 0.491 e. The number of allylic oxidation sites excluding steroid dienone is 1. The molecule has 1 amide bonds. The van der Waals surface area contributed by atoms with E-state index in [9.17, 15) is 4.79 Å². The Morgan fingerprint density at radius 3 is 2.38 bits per heavy atom. The molecule has 4 nitrogen and oxygen atoms in total. The van der Waals surface area contributed by atoms with Crippen LogP contribution in [0.1, 0.15) is 18.4 Å². The Kier molecular flexibility index (Phi) is 5.38. The van der Waals surface area contributed by atoms with E-state index in [-0.39, 0.29) is 17.9 Å². The van der Waals surface area contributed by atoms with E-state index in [2.05, 4.69) is 12.6 Å². The van der Waals surface area contributed by atoms with Crippen molar-refractivity contribution in [1.29, 1.82) is 5.26 Å². The Morgan fingerprint density at radius 1 is 1.19 bits per heavy atom. The molecule has 0 N–H and O–H groups in total. The van der Waals surface area contributed by atoms with E-state index in [0.29, 0.717) is 12.2 Å². The molecule has 2 aromatic carbocycles. The molecule has 0 saturated carbocycles. The number of likely N-dealkylation sites (N-methyl/N-ethyl adjacent to an activating group) is 1. The van der Waals surface area contributed by atoms with Crippen molar-refractivity contribution < 1.29 is 9.53 Å². The van der Waals surface area contributed by atoms with Gasteiger partial charge in [0.25, 0.3) is 0 Å². The second-order valence-corrected chi connectivity index (χ2v) is 6.58. The van der Waals surface area contributed by atoms with E-state index < -0.39 is 0 Å². The van der Waals surface area contributed by atoms with Crippen molar-refractivity contribution in [2.24, 2.45) is 5.92 Å². The maximum atomic E-state index is 12.2. The third-order valence-corrected chi connectivity index (χ3v) is 4.90. The lowest BCUT2D eigenvalue weighted by atomic mass is 10.0. The van der Waals surface area contributed by atoms with Crippen LogP contribution in [0.2, 0.25) is 0 Å². The van der Waals surface area contributed by atoms with Crippen LogP contribution < -0.4 is 4.74 Å². The molecule has 3 rings (SSSR count). The minimum atomic E-state index is 0.0323. The number of amides is 1. The van der Waals surface area contributed by atoms with Crippen LogP contribution in [0.15, 0.2) is 61.2 Å². The predicted octanol–water partition coefficient (Wildman–Crippen LogP) is 4.03. The molecule has 1 heterocycles. The molecule has 0 radical (unpaired) electrons. The Morgan fingerprint density at radius 2 is 1.81 bits per heavy atom. The fraction of sp³-hybridized carbons (Fsp3) is 0.273. The second-order valence-electron chi connectivity index (χ2n) is 6.58. The van der Waals surface area contributed by atoms with E-state index in [0.717, 1.165) is 29.7 Å². The fourth-order valence-electron chi connectivity index (χ4n) is 3.31. The first-order chi connectivity index (χ1) is 12.6. The number of hydrogen-bond acceptors (Lipinski definition) is 3. The van der Waals surface area contributed by atoms with Crippen molar-refractivity contribution >= 4 is 5.91 Å². The lowest BCUT2D eigenvalue weighted by Gasteiger charge is -2.20. The van der Waals surface area contributed by atoms with Crippen LogP contribution in [0.3, 0.4) is 0 Å². The topological polar surface area (TPSA) is 53.3 Å². The molecule has 4 heteroatoms. The molecule has 132 valence electrons. The summed E-state index contributed by atoms with van der Waals surface area (Å²) in [4.78, 5) is 14.0. The summed E-state index contributed by atoms with van der Waals surface area (Å²) in [7, 11) is 1.84. The summed E-state index contributed by atoms with van der Waals surface area (Å²) in [6.07, 6.45) is 3.34. The van der Waals surface area contributed by atoms with E-state index >= 15 is 0 Å². The minimum absolute atomic E-state index is 0.0323. The average molecular weight is 346 g/mol. The number of rotatable bonds is 6. The van der Waals surface area contributed by atoms with Gasteiger partial charge in [0.2, 0.25) is 5.91 Å². The van der Waals surface area contributed by atoms with Gasteiger partial charge in [0.1, 0.15) is 12.4 Å². The van der Waals surface area contributed by atoms with Gasteiger partial charge in [0.15, 0.2) is 0 Å². The Balaban J connectivity index is 1.60. The highest BCUT2D eigenvalue weighted by Crippen LogP contribution is 2.27. The molecular formula is C22H22N2O2. The second kappa shape index (κ2) is 7.88. The molecule has 2 atom stereocenters. The van der Waals surface area contributed by atoms with Crippen LogP contribution in [-0.4, -0.2) is 30.5 Å². The monoisotopic (exact) mass is 346 g/mol. The Bertz CT molecular complexity index is 819. The first kappa shape index (κ1) is 17.8. The maximum absolute atomic E-state index is 12.2. The summed E-state index contributed by atoms with van der Waals surface area (Å²) >= 11 is 0. The van der Waals surface area contributed by atoms with Gasteiger partial charge in [-0.3, -0.25) is 4.79 Å². The summed E-state index contributed by atoms with van der Waals surface area (Å²) in [5.74, 6) is 0.995. The van der Waals surface area contributed by atoms with E-state index in [1.54, 1.807) is 4.90 Å². The van der Waals surface area contributed by atoms with Gasteiger partial charge in [-0.2, -0.15) is 5.26 Å². The molecule has 26 heavy (non-hydrogen) atoms. The van der Waals surface area contributed by atoms with Crippen LogP contribution in [0, 0.1) is 17.2 Å². The van der Waals surface area contributed by atoms with Gasteiger partial charge < -0.3 is 9.64 Å². The summed E-state index contributed by atoms with van der Waals surface area (Å²) in [5.41, 5.74) is 2.78. The molecule has 2 aromatic rings. The van der Waals surface area contributed by atoms with Crippen molar-refractivity contribution in [3.63, 3.8) is 0 Å². The van der Waals surface area contributed by atoms with Gasteiger partial charge in [0.05, 0.1) is 17.7 Å². The quantitative estimate of drug-likeness (QED) is 0.742. The van der Waals surface area contributed by atoms with Crippen LogP contribution in [0.5, 0.6) is 5.75 Å². The number of likely N-dealkylation sites (tertiary alicyclic amines) is 1. The molecule has 1 aliphatic heterocycles. The summed E-state index contributed by atoms with van der Waals surface area (Å²) < 4.78 is 5.90. The zero-order valence-electron chi connectivity index (χ0n) is 14.9. The van der Waals surface area contributed by atoms with E-state index in [1.807, 2.05) is 61.7 Å². The third-order valence-electron chi connectivity index (χ3n) is 4.90. The van der Waals surface area contributed by atoms with Crippen LogP contribution in [0.4, 0.5) is 0 Å². The summed E-state index contributed by atoms with van der Waals surface area (Å²) in [6, 6.07) is 17.6. The zero-order valence-corrected chi connectivity index (χ0v) is 14.9. The van der Waals surface area contributed by atoms with Gasteiger partial charge in [-0.25, -0.2) is 0 Å². The highest BCUT2D eigenvalue weighted by molar-refractivity contribution is 5.81. The maximum Gasteiger partial charge on any atom is 0.226 e.